The number of hydrogen-bond donors (Lipinski definition) is 1. The number of halogens is 1. The van der Waals surface area contributed by atoms with Crippen molar-refractivity contribution in [3.63, 3.8) is 0 Å². The molecule has 0 aliphatic heterocycles. The van der Waals surface area contributed by atoms with Gasteiger partial charge in [-0.1, -0.05) is 107 Å². The van der Waals surface area contributed by atoms with E-state index < -0.39 is 5.60 Å². The van der Waals surface area contributed by atoms with Crippen molar-refractivity contribution < 1.29 is 9.90 Å². The van der Waals surface area contributed by atoms with Crippen LogP contribution in [0.15, 0.2) is 109 Å². The van der Waals surface area contributed by atoms with Crippen LogP contribution < -0.4 is 0 Å². The zero-order valence-corrected chi connectivity index (χ0v) is 21.8. The topological polar surface area (TPSA) is 45.5 Å². The van der Waals surface area contributed by atoms with Crippen LogP contribution in [0.3, 0.4) is 0 Å². The van der Waals surface area contributed by atoms with Gasteiger partial charge in [0.2, 0.25) is 0 Å². The highest BCUT2D eigenvalue weighted by molar-refractivity contribution is 9.09. The Morgan fingerprint density at radius 1 is 1.00 bits per heavy atom. The summed E-state index contributed by atoms with van der Waals surface area (Å²) in [5.74, 6) is -0.0814. The predicted octanol–water partition coefficient (Wildman–Crippen LogP) is 6.01. The second-order valence-corrected chi connectivity index (χ2v) is 10.3. The maximum atomic E-state index is 13.9. The molecular formula is C31H29BrN2O2. The summed E-state index contributed by atoms with van der Waals surface area (Å²) in [4.78, 5) is 15.4. The van der Waals surface area contributed by atoms with E-state index >= 15 is 0 Å². The molecule has 0 saturated heterocycles. The number of allylic oxidation sites excluding steroid dienone is 2. The fourth-order valence-electron chi connectivity index (χ4n) is 4.80. The Balaban J connectivity index is 1.44. The monoisotopic (exact) mass is 540 g/mol. The van der Waals surface area contributed by atoms with Crippen molar-refractivity contribution in [3.8, 4) is 0 Å². The van der Waals surface area contributed by atoms with Gasteiger partial charge in [-0.25, -0.2) is 0 Å². The Bertz CT molecular complexity index is 1430. The minimum atomic E-state index is -1.24. The molecule has 1 amide bonds. The Morgan fingerprint density at radius 3 is 2.39 bits per heavy atom. The molecule has 1 aromatic heterocycles. The lowest BCUT2D eigenvalue weighted by Gasteiger charge is -2.36. The van der Waals surface area contributed by atoms with Gasteiger partial charge in [0, 0.05) is 30.7 Å². The maximum absolute atomic E-state index is 13.9. The molecule has 3 aromatic carbocycles. The van der Waals surface area contributed by atoms with Gasteiger partial charge in [0.25, 0.3) is 5.91 Å². The highest BCUT2D eigenvalue weighted by atomic mass is 79.9. The predicted molar refractivity (Wildman–Crippen MR) is 150 cm³/mol. The summed E-state index contributed by atoms with van der Waals surface area (Å²) < 4.78 is 1.98. The van der Waals surface area contributed by atoms with E-state index in [0.717, 1.165) is 27.6 Å². The van der Waals surface area contributed by atoms with Gasteiger partial charge in [0.1, 0.15) is 5.60 Å². The lowest BCUT2D eigenvalue weighted by molar-refractivity contribution is 0.0409. The summed E-state index contributed by atoms with van der Waals surface area (Å²) in [6.45, 7) is 0.671. The number of rotatable bonds is 7. The Kier molecular flexibility index (Phi) is 6.95. The van der Waals surface area contributed by atoms with Gasteiger partial charge < -0.3 is 14.6 Å². The highest BCUT2D eigenvalue weighted by Crippen LogP contribution is 2.33. The van der Waals surface area contributed by atoms with Crippen molar-refractivity contribution in [3.05, 3.63) is 126 Å². The number of aromatic nitrogens is 1. The summed E-state index contributed by atoms with van der Waals surface area (Å²) in [7, 11) is 1.95. The average Bonchev–Trinajstić information content (AvgIpc) is 3.25. The van der Waals surface area contributed by atoms with Gasteiger partial charge >= 0.3 is 0 Å². The van der Waals surface area contributed by atoms with Gasteiger partial charge in [0.05, 0.1) is 16.9 Å². The number of fused-ring (bicyclic) bond motifs is 1. The van der Waals surface area contributed by atoms with E-state index in [9.17, 15) is 9.90 Å². The summed E-state index contributed by atoms with van der Waals surface area (Å²) in [6, 6.07) is 28.2. The number of para-hydroxylation sites is 1. The first-order valence-electron chi connectivity index (χ1n) is 12.1. The fraction of sp³-hybridized carbons (Fsp3) is 0.194. The van der Waals surface area contributed by atoms with E-state index in [1.807, 2.05) is 96.7 Å². The number of benzene rings is 3. The van der Waals surface area contributed by atoms with Crippen LogP contribution in [0, 0.1) is 0 Å². The third kappa shape index (κ3) is 4.95. The van der Waals surface area contributed by atoms with Crippen LogP contribution in [-0.4, -0.2) is 44.0 Å². The first-order chi connectivity index (χ1) is 17.4. The van der Waals surface area contributed by atoms with Gasteiger partial charge in [-0.05, 0) is 35.3 Å². The summed E-state index contributed by atoms with van der Waals surface area (Å²) in [6.07, 6.45) is 8.39. The molecule has 0 spiro atoms. The van der Waals surface area contributed by atoms with E-state index in [2.05, 4.69) is 40.2 Å². The van der Waals surface area contributed by atoms with Crippen molar-refractivity contribution in [2.24, 2.45) is 7.05 Å². The first kappa shape index (κ1) is 24.3. The number of hydrogen-bond acceptors (Lipinski definition) is 2. The Labute approximate surface area is 220 Å². The van der Waals surface area contributed by atoms with Crippen LogP contribution in [0.1, 0.15) is 21.5 Å². The van der Waals surface area contributed by atoms with Crippen LogP contribution in [-0.2, 0) is 13.5 Å². The minimum Gasteiger partial charge on any atom is -0.382 e. The van der Waals surface area contributed by atoms with Crippen LogP contribution >= 0.6 is 15.9 Å². The van der Waals surface area contributed by atoms with E-state index in [0.29, 0.717) is 18.5 Å². The second-order valence-electron chi connectivity index (χ2n) is 9.35. The van der Waals surface area contributed by atoms with Crippen molar-refractivity contribution in [2.75, 3.05) is 13.1 Å². The SMILES string of the molecule is Cn1cc(C(=O)N(CCc2ccccc2)CC2(O)C=CC(c3ccccc3)=CC2Br)c2ccccc21. The molecule has 4 aromatic rings. The molecular weight excluding hydrogens is 512 g/mol. The van der Waals surface area contributed by atoms with Gasteiger partial charge in [-0.2, -0.15) is 0 Å². The van der Waals surface area contributed by atoms with E-state index in [1.54, 1.807) is 4.90 Å². The standard InChI is InChI=1S/C31H29BrN2O2/c1-33-21-27(26-14-8-9-15-28(26)33)30(35)34(19-17-23-10-4-2-5-11-23)22-31(36)18-16-25(20-29(31)32)24-12-6-3-7-13-24/h2-16,18,20-21,29,36H,17,19,22H2,1H3. The molecule has 5 rings (SSSR count). The molecule has 0 radical (unpaired) electrons. The van der Waals surface area contributed by atoms with E-state index in [4.69, 9.17) is 0 Å². The summed E-state index contributed by atoms with van der Waals surface area (Å²) in [5.41, 5.74) is 3.70. The lowest BCUT2D eigenvalue weighted by atomic mass is 9.88. The molecule has 5 heteroatoms. The quantitative estimate of drug-likeness (QED) is 0.291. The Hall–Kier alpha value is -3.41. The molecule has 182 valence electrons. The van der Waals surface area contributed by atoms with Crippen LogP contribution in [0.5, 0.6) is 0 Å². The normalized spacial score (nSPS) is 19.3. The number of carbonyl (C=O) groups excluding carboxylic acids is 1. The van der Waals surface area contributed by atoms with Crippen molar-refractivity contribution in [1.29, 1.82) is 0 Å². The van der Waals surface area contributed by atoms with Gasteiger partial charge in [-0.3, -0.25) is 4.79 Å². The largest absolute Gasteiger partial charge is 0.382 e. The Morgan fingerprint density at radius 2 is 1.67 bits per heavy atom. The number of amides is 1. The zero-order valence-electron chi connectivity index (χ0n) is 20.2. The molecule has 1 N–H and O–H groups in total. The maximum Gasteiger partial charge on any atom is 0.256 e. The highest BCUT2D eigenvalue weighted by Gasteiger charge is 2.37. The minimum absolute atomic E-state index is 0.0814. The summed E-state index contributed by atoms with van der Waals surface area (Å²) in [5, 5.41) is 12.6. The average molecular weight is 541 g/mol. The number of aryl methyl sites for hydroxylation is 1. The number of carbonyl (C=O) groups is 1. The fourth-order valence-corrected chi connectivity index (χ4v) is 5.38. The smallest absolute Gasteiger partial charge is 0.256 e. The number of nitrogens with zero attached hydrogens (tertiary/aromatic N) is 2. The van der Waals surface area contributed by atoms with Crippen LogP contribution in [0.2, 0.25) is 0 Å². The van der Waals surface area contributed by atoms with Crippen molar-refractivity contribution in [1.82, 2.24) is 9.47 Å². The molecule has 36 heavy (non-hydrogen) atoms. The molecule has 2 atom stereocenters. The van der Waals surface area contributed by atoms with Crippen molar-refractivity contribution >= 4 is 38.3 Å². The molecule has 0 saturated carbocycles. The third-order valence-electron chi connectivity index (χ3n) is 6.83. The number of alkyl halides is 1. The summed E-state index contributed by atoms with van der Waals surface area (Å²) >= 11 is 3.70. The van der Waals surface area contributed by atoms with Gasteiger partial charge in [0.15, 0.2) is 0 Å². The molecule has 0 fully saturated rings. The molecule has 0 bridgehead atoms. The van der Waals surface area contributed by atoms with Crippen LogP contribution in [0.4, 0.5) is 0 Å². The first-order valence-corrected chi connectivity index (χ1v) is 13.1. The molecule has 2 unspecified atom stereocenters. The number of aliphatic hydroxyl groups is 1. The molecule has 4 nitrogen and oxygen atoms in total. The van der Waals surface area contributed by atoms with Gasteiger partial charge in [-0.15, -0.1) is 0 Å². The molecule has 1 aliphatic rings. The van der Waals surface area contributed by atoms with Crippen LogP contribution in [0.25, 0.3) is 16.5 Å². The van der Waals surface area contributed by atoms with E-state index in [-0.39, 0.29) is 17.3 Å². The molecule has 1 heterocycles. The molecule has 1 aliphatic carbocycles. The third-order valence-corrected chi connectivity index (χ3v) is 7.89. The second kappa shape index (κ2) is 10.3. The van der Waals surface area contributed by atoms with E-state index in [1.165, 1.54) is 0 Å². The van der Waals surface area contributed by atoms with Crippen molar-refractivity contribution in [2.45, 2.75) is 16.8 Å². The lowest BCUT2D eigenvalue weighted by Crippen LogP contribution is -2.50. The zero-order chi connectivity index (χ0) is 25.1.